The van der Waals surface area contributed by atoms with E-state index in [1.807, 2.05) is 18.2 Å². The second-order valence-corrected chi connectivity index (χ2v) is 3.51. The first-order chi connectivity index (χ1) is 7.36. The first-order valence-corrected chi connectivity index (χ1v) is 5.11. The lowest BCUT2D eigenvalue weighted by Gasteiger charge is -2.10. The maximum Gasteiger partial charge on any atom is 0.122 e. The Labute approximate surface area is 102 Å². The number of hydrogen-bond donors (Lipinski definition) is 1. The minimum atomic E-state index is 0. The van der Waals surface area contributed by atoms with Crippen LogP contribution in [0.1, 0.15) is 5.56 Å². The Kier molecular flexibility index (Phi) is 4.59. The molecule has 2 rings (SSSR count). The second kappa shape index (κ2) is 5.73. The van der Waals surface area contributed by atoms with E-state index in [4.69, 9.17) is 10.5 Å². The third-order valence-corrected chi connectivity index (χ3v) is 2.61. The zero-order valence-electron chi connectivity index (χ0n) is 9.27. The Morgan fingerprint density at radius 3 is 2.56 bits per heavy atom. The average Bonchev–Trinajstić information content (AvgIpc) is 2.30. The summed E-state index contributed by atoms with van der Waals surface area (Å²) < 4.78 is 5.35. The van der Waals surface area contributed by atoms with Gasteiger partial charge in [0.2, 0.25) is 0 Å². The number of methoxy groups -OCH3 is 1. The van der Waals surface area contributed by atoms with Gasteiger partial charge in [0.25, 0.3) is 0 Å². The molecule has 0 aliphatic carbocycles. The molecule has 0 saturated heterocycles. The van der Waals surface area contributed by atoms with Crippen LogP contribution in [-0.2, 0) is 6.42 Å². The molecule has 0 aromatic heterocycles. The summed E-state index contributed by atoms with van der Waals surface area (Å²) in [4.78, 5) is 0. The highest BCUT2D eigenvalue weighted by Crippen LogP contribution is 2.27. The Bertz CT molecular complexity index is 470. The van der Waals surface area contributed by atoms with E-state index in [0.717, 1.165) is 12.2 Å². The van der Waals surface area contributed by atoms with Gasteiger partial charge < -0.3 is 10.5 Å². The van der Waals surface area contributed by atoms with Crippen molar-refractivity contribution in [1.82, 2.24) is 0 Å². The summed E-state index contributed by atoms with van der Waals surface area (Å²) in [6, 6.07) is 12.4. The predicted octanol–water partition coefficient (Wildman–Crippen LogP) is 2.77. The number of fused-ring (bicyclic) bond motifs is 1. The molecule has 2 aromatic carbocycles. The average molecular weight is 238 g/mol. The number of benzene rings is 2. The van der Waals surface area contributed by atoms with E-state index in [2.05, 4.69) is 18.2 Å². The summed E-state index contributed by atoms with van der Waals surface area (Å²) in [5.74, 6) is 0.930. The molecule has 0 saturated carbocycles. The maximum atomic E-state index is 5.62. The Morgan fingerprint density at radius 1 is 1.12 bits per heavy atom. The van der Waals surface area contributed by atoms with Gasteiger partial charge in [-0.3, -0.25) is 0 Å². The quantitative estimate of drug-likeness (QED) is 0.891. The minimum Gasteiger partial charge on any atom is -0.496 e. The highest BCUT2D eigenvalue weighted by molar-refractivity contribution is 5.87. The maximum absolute atomic E-state index is 5.62. The molecule has 0 aliphatic heterocycles. The molecule has 0 spiro atoms. The number of halogens is 1. The molecule has 0 amide bonds. The Hall–Kier alpha value is -1.25. The summed E-state index contributed by atoms with van der Waals surface area (Å²) in [5, 5.41) is 2.48. The van der Waals surface area contributed by atoms with Gasteiger partial charge in [-0.05, 0) is 29.8 Å². The van der Waals surface area contributed by atoms with Gasteiger partial charge in [0.15, 0.2) is 0 Å². The zero-order valence-corrected chi connectivity index (χ0v) is 10.1. The molecular formula is C13H16ClNO. The smallest absolute Gasteiger partial charge is 0.122 e. The van der Waals surface area contributed by atoms with Crippen molar-refractivity contribution in [2.45, 2.75) is 6.42 Å². The van der Waals surface area contributed by atoms with Crippen LogP contribution in [-0.4, -0.2) is 13.7 Å². The summed E-state index contributed by atoms with van der Waals surface area (Å²) >= 11 is 0. The van der Waals surface area contributed by atoms with Crippen LogP contribution in [0.25, 0.3) is 10.8 Å². The van der Waals surface area contributed by atoms with Crippen molar-refractivity contribution in [2.24, 2.45) is 5.73 Å². The van der Waals surface area contributed by atoms with Gasteiger partial charge in [-0.15, -0.1) is 12.4 Å². The van der Waals surface area contributed by atoms with Crippen LogP contribution in [0.4, 0.5) is 0 Å². The lowest BCUT2D eigenvalue weighted by atomic mass is 10.0. The SMILES string of the molecule is COc1ccc2ccccc2c1CCN.Cl. The van der Waals surface area contributed by atoms with Crippen molar-refractivity contribution in [1.29, 1.82) is 0 Å². The Morgan fingerprint density at radius 2 is 1.88 bits per heavy atom. The van der Waals surface area contributed by atoms with Crippen molar-refractivity contribution < 1.29 is 4.74 Å². The molecule has 0 fully saturated rings. The number of ether oxygens (including phenoxy) is 1. The molecule has 0 radical (unpaired) electrons. The van der Waals surface area contributed by atoms with E-state index in [1.165, 1.54) is 16.3 Å². The first kappa shape index (κ1) is 12.8. The van der Waals surface area contributed by atoms with E-state index in [1.54, 1.807) is 7.11 Å². The molecule has 2 N–H and O–H groups in total. The van der Waals surface area contributed by atoms with Crippen molar-refractivity contribution in [3.63, 3.8) is 0 Å². The van der Waals surface area contributed by atoms with E-state index >= 15 is 0 Å². The van der Waals surface area contributed by atoms with Gasteiger partial charge >= 0.3 is 0 Å². The Balaban J connectivity index is 0.00000128. The highest BCUT2D eigenvalue weighted by Gasteiger charge is 2.06. The number of rotatable bonds is 3. The van der Waals surface area contributed by atoms with Gasteiger partial charge in [0.1, 0.15) is 5.75 Å². The lowest BCUT2D eigenvalue weighted by molar-refractivity contribution is 0.410. The monoisotopic (exact) mass is 237 g/mol. The van der Waals surface area contributed by atoms with E-state index < -0.39 is 0 Å². The van der Waals surface area contributed by atoms with Crippen molar-refractivity contribution >= 4 is 23.2 Å². The third-order valence-electron chi connectivity index (χ3n) is 2.61. The molecule has 2 nitrogen and oxygen atoms in total. The third kappa shape index (κ3) is 2.29. The van der Waals surface area contributed by atoms with Crippen molar-refractivity contribution in [2.75, 3.05) is 13.7 Å². The van der Waals surface area contributed by atoms with Crippen molar-refractivity contribution in [3.05, 3.63) is 42.0 Å². The molecule has 0 heterocycles. The lowest BCUT2D eigenvalue weighted by Crippen LogP contribution is -2.04. The normalized spacial score (nSPS) is 9.88. The largest absolute Gasteiger partial charge is 0.496 e. The van der Waals surface area contributed by atoms with E-state index in [0.29, 0.717) is 6.54 Å². The fraction of sp³-hybridized carbons (Fsp3) is 0.231. The first-order valence-electron chi connectivity index (χ1n) is 5.11. The molecule has 0 unspecified atom stereocenters. The molecule has 86 valence electrons. The van der Waals surface area contributed by atoms with Crippen LogP contribution in [0, 0.1) is 0 Å². The van der Waals surface area contributed by atoms with Gasteiger partial charge in [0.05, 0.1) is 7.11 Å². The van der Waals surface area contributed by atoms with E-state index in [-0.39, 0.29) is 12.4 Å². The molecule has 16 heavy (non-hydrogen) atoms. The summed E-state index contributed by atoms with van der Waals surface area (Å²) in [6.07, 6.45) is 0.852. The van der Waals surface area contributed by atoms with Crippen LogP contribution in [0.15, 0.2) is 36.4 Å². The zero-order chi connectivity index (χ0) is 10.7. The minimum absolute atomic E-state index is 0. The standard InChI is InChI=1S/C13H15NO.ClH/c1-15-13-7-6-10-4-2-3-5-11(10)12(13)8-9-14;/h2-7H,8-9,14H2,1H3;1H. The second-order valence-electron chi connectivity index (χ2n) is 3.51. The molecule has 2 aromatic rings. The van der Waals surface area contributed by atoms with Crippen LogP contribution >= 0.6 is 12.4 Å². The van der Waals surface area contributed by atoms with E-state index in [9.17, 15) is 0 Å². The molecule has 0 atom stereocenters. The summed E-state index contributed by atoms with van der Waals surface area (Å²) in [7, 11) is 1.70. The molecule has 0 aliphatic rings. The van der Waals surface area contributed by atoms with Gasteiger partial charge in [-0.25, -0.2) is 0 Å². The fourth-order valence-electron chi connectivity index (χ4n) is 1.91. The fourth-order valence-corrected chi connectivity index (χ4v) is 1.91. The van der Waals surface area contributed by atoms with Crippen molar-refractivity contribution in [3.8, 4) is 5.75 Å². The topological polar surface area (TPSA) is 35.2 Å². The summed E-state index contributed by atoms with van der Waals surface area (Å²) in [5.41, 5.74) is 6.83. The molecular weight excluding hydrogens is 222 g/mol. The highest BCUT2D eigenvalue weighted by atomic mass is 35.5. The van der Waals surface area contributed by atoms with Gasteiger partial charge in [0, 0.05) is 5.56 Å². The van der Waals surface area contributed by atoms with Crippen LogP contribution in [0.3, 0.4) is 0 Å². The van der Waals surface area contributed by atoms with Gasteiger partial charge in [-0.1, -0.05) is 30.3 Å². The molecule has 0 bridgehead atoms. The van der Waals surface area contributed by atoms with Gasteiger partial charge in [-0.2, -0.15) is 0 Å². The number of hydrogen-bond acceptors (Lipinski definition) is 2. The molecule has 3 heteroatoms. The number of nitrogens with two attached hydrogens (primary N) is 1. The predicted molar refractivity (Wildman–Crippen MR) is 70.5 cm³/mol. The van der Waals surface area contributed by atoms with Crippen LogP contribution < -0.4 is 10.5 Å². The van der Waals surface area contributed by atoms with Crippen LogP contribution in [0.2, 0.25) is 0 Å². The summed E-state index contributed by atoms with van der Waals surface area (Å²) in [6.45, 7) is 0.643. The van der Waals surface area contributed by atoms with Crippen LogP contribution in [0.5, 0.6) is 5.75 Å².